The third kappa shape index (κ3) is 2.79. The van der Waals surface area contributed by atoms with Gasteiger partial charge in [-0.15, -0.1) is 0 Å². The highest BCUT2D eigenvalue weighted by Gasteiger charge is 2.49. The molecule has 1 heterocycles. The van der Waals surface area contributed by atoms with Crippen molar-refractivity contribution < 1.29 is 23.0 Å². The van der Waals surface area contributed by atoms with E-state index in [1.165, 1.54) is 23.1 Å². The SMILES string of the molecule is CC(Cc1cc(F)c(N(C)C)cc1F)[C@]12CCC(=O)C=C1OCO2. The van der Waals surface area contributed by atoms with E-state index in [9.17, 15) is 13.6 Å². The molecule has 1 aliphatic heterocycles. The van der Waals surface area contributed by atoms with Crippen molar-refractivity contribution in [2.24, 2.45) is 5.92 Å². The molecular formula is C18H21F2NO3. The van der Waals surface area contributed by atoms with E-state index < -0.39 is 17.2 Å². The molecule has 1 fully saturated rings. The number of nitrogens with zero attached hydrogens (tertiary/aromatic N) is 1. The molecule has 0 radical (unpaired) electrons. The number of halogens is 2. The van der Waals surface area contributed by atoms with Crippen molar-refractivity contribution in [2.75, 3.05) is 25.8 Å². The number of carbonyl (C=O) groups excluding carboxylic acids is 1. The van der Waals surface area contributed by atoms with Crippen LogP contribution in [0.25, 0.3) is 0 Å². The summed E-state index contributed by atoms with van der Waals surface area (Å²) in [6.45, 7) is 2.00. The summed E-state index contributed by atoms with van der Waals surface area (Å²) in [5.74, 6) is -0.541. The van der Waals surface area contributed by atoms with Gasteiger partial charge in [-0.3, -0.25) is 4.79 Å². The number of rotatable bonds is 4. The maximum Gasteiger partial charge on any atom is 0.189 e. The van der Waals surface area contributed by atoms with Gasteiger partial charge in [0.1, 0.15) is 23.0 Å². The van der Waals surface area contributed by atoms with Gasteiger partial charge in [-0.05, 0) is 30.4 Å². The van der Waals surface area contributed by atoms with Gasteiger partial charge in [0.05, 0.1) is 5.69 Å². The summed E-state index contributed by atoms with van der Waals surface area (Å²) in [6.07, 6.45) is 2.64. The molecule has 130 valence electrons. The quantitative estimate of drug-likeness (QED) is 0.846. The lowest BCUT2D eigenvalue weighted by Crippen LogP contribution is -2.41. The molecular weight excluding hydrogens is 316 g/mol. The molecule has 1 saturated heterocycles. The molecule has 1 aromatic carbocycles. The van der Waals surface area contributed by atoms with Crippen LogP contribution in [0.2, 0.25) is 0 Å². The molecule has 24 heavy (non-hydrogen) atoms. The second kappa shape index (κ2) is 6.16. The van der Waals surface area contributed by atoms with Crippen molar-refractivity contribution in [1.29, 1.82) is 0 Å². The number of ether oxygens (including phenoxy) is 2. The van der Waals surface area contributed by atoms with Crippen molar-refractivity contribution in [3.63, 3.8) is 0 Å². The van der Waals surface area contributed by atoms with Gasteiger partial charge in [-0.2, -0.15) is 0 Å². The van der Waals surface area contributed by atoms with Crippen LogP contribution in [-0.4, -0.2) is 32.3 Å². The van der Waals surface area contributed by atoms with E-state index in [0.717, 1.165) is 0 Å². The predicted octanol–water partition coefficient (Wildman–Crippen LogP) is 3.20. The van der Waals surface area contributed by atoms with E-state index in [1.807, 2.05) is 6.92 Å². The number of ketones is 1. The van der Waals surface area contributed by atoms with Gasteiger partial charge in [0.15, 0.2) is 12.6 Å². The Morgan fingerprint density at radius 3 is 2.75 bits per heavy atom. The van der Waals surface area contributed by atoms with Crippen LogP contribution in [0.5, 0.6) is 0 Å². The van der Waals surface area contributed by atoms with Gasteiger partial charge >= 0.3 is 0 Å². The Balaban J connectivity index is 1.87. The summed E-state index contributed by atoms with van der Waals surface area (Å²) in [7, 11) is 3.33. The van der Waals surface area contributed by atoms with Crippen LogP contribution in [0.1, 0.15) is 25.3 Å². The second-order valence-electron chi connectivity index (χ2n) is 6.67. The molecule has 0 saturated carbocycles. The topological polar surface area (TPSA) is 38.8 Å². The fourth-order valence-corrected chi connectivity index (χ4v) is 3.48. The first kappa shape index (κ1) is 16.9. The zero-order valence-corrected chi connectivity index (χ0v) is 14.1. The summed E-state index contributed by atoms with van der Waals surface area (Å²) in [5.41, 5.74) is -0.213. The Labute approximate surface area is 140 Å². The number of hydrogen-bond acceptors (Lipinski definition) is 4. The Bertz CT molecular complexity index is 702. The third-order valence-corrected chi connectivity index (χ3v) is 4.90. The van der Waals surface area contributed by atoms with Crippen molar-refractivity contribution in [3.05, 3.63) is 41.2 Å². The molecule has 0 bridgehead atoms. The van der Waals surface area contributed by atoms with Crippen LogP contribution >= 0.6 is 0 Å². The third-order valence-electron chi connectivity index (χ3n) is 4.90. The summed E-state index contributed by atoms with van der Waals surface area (Å²) >= 11 is 0. The fourth-order valence-electron chi connectivity index (χ4n) is 3.48. The van der Waals surface area contributed by atoms with Crippen molar-refractivity contribution in [3.8, 4) is 0 Å². The Kier molecular flexibility index (Phi) is 4.34. The van der Waals surface area contributed by atoms with E-state index in [2.05, 4.69) is 0 Å². The lowest BCUT2D eigenvalue weighted by Gasteiger charge is -2.35. The molecule has 3 rings (SSSR count). The monoisotopic (exact) mass is 337 g/mol. The Morgan fingerprint density at radius 2 is 2.04 bits per heavy atom. The highest BCUT2D eigenvalue weighted by Crippen LogP contribution is 2.44. The zero-order chi connectivity index (χ0) is 17.5. The average Bonchev–Trinajstić information content (AvgIpc) is 2.94. The Hall–Kier alpha value is -1.95. The molecule has 0 aromatic heterocycles. The molecule has 2 atom stereocenters. The lowest BCUT2D eigenvalue weighted by molar-refractivity contribution is -0.117. The number of anilines is 1. The summed E-state index contributed by atoms with van der Waals surface area (Å²) < 4.78 is 39.8. The molecule has 1 unspecified atom stereocenters. The van der Waals surface area contributed by atoms with E-state index in [4.69, 9.17) is 9.47 Å². The minimum absolute atomic E-state index is 0.00545. The molecule has 0 N–H and O–H groups in total. The highest BCUT2D eigenvalue weighted by atomic mass is 19.1. The molecule has 4 nitrogen and oxygen atoms in total. The van der Waals surface area contributed by atoms with Crippen LogP contribution in [0, 0.1) is 17.6 Å². The van der Waals surface area contributed by atoms with Gasteiger partial charge in [0.2, 0.25) is 0 Å². The summed E-state index contributed by atoms with van der Waals surface area (Å²) in [6, 6.07) is 2.45. The maximum absolute atomic E-state index is 14.4. The van der Waals surface area contributed by atoms with Crippen LogP contribution in [-0.2, 0) is 20.7 Å². The van der Waals surface area contributed by atoms with Crippen LogP contribution in [0.3, 0.4) is 0 Å². The second-order valence-corrected chi connectivity index (χ2v) is 6.67. The van der Waals surface area contributed by atoms with Crippen molar-refractivity contribution in [2.45, 2.75) is 31.8 Å². The van der Waals surface area contributed by atoms with E-state index >= 15 is 0 Å². The largest absolute Gasteiger partial charge is 0.469 e. The Morgan fingerprint density at radius 1 is 1.29 bits per heavy atom. The average molecular weight is 337 g/mol. The molecule has 6 heteroatoms. The minimum Gasteiger partial charge on any atom is -0.469 e. The van der Waals surface area contributed by atoms with Crippen LogP contribution in [0.15, 0.2) is 24.0 Å². The summed E-state index contributed by atoms with van der Waals surface area (Å²) in [4.78, 5) is 13.1. The molecule has 0 spiro atoms. The molecule has 1 aromatic rings. The fraction of sp³-hybridized carbons (Fsp3) is 0.500. The maximum atomic E-state index is 14.4. The van der Waals surface area contributed by atoms with Gasteiger partial charge < -0.3 is 14.4 Å². The first-order chi connectivity index (χ1) is 11.3. The molecule has 1 aliphatic carbocycles. The highest BCUT2D eigenvalue weighted by molar-refractivity contribution is 5.91. The number of fused-ring (bicyclic) bond motifs is 1. The van der Waals surface area contributed by atoms with E-state index in [1.54, 1.807) is 14.1 Å². The number of hydrogen-bond donors (Lipinski definition) is 0. The normalized spacial score (nSPS) is 24.2. The van der Waals surface area contributed by atoms with Gasteiger partial charge in [0.25, 0.3) is 0 Å². The van der Waals surface area contributed by atoms with Crippen LogP contribution < -0.4 is 4.90 Å². The number of allylic oxidation sites excluding steroid dienone is 1. The van der Waals surface area contributed by atoms with Crippen LogP contribution in [0.4, 0.5) is 14.5 Å². The predicted molar refractivity (Wildman–Crippen MR) is 85.6 cm³/mol. The van der Waals surface area contributed by atoms with Gasteiger partial charge in [-0.25, -0.2) is 8.78 Å². The van der Waals surface area contributed by atoms with Gasteiger partial charge in [-0.1, -0.05) is 6.92 Å². The standard InChI is InChI=1S/C18H21F2NO3/c1-11(18-5-4-13(22)8-17(18)23-10-24-18)6-12-7-15(20)16(21(2)3)9-14(12)19/h7-9,11H,4-6,10H2,1-3H3/t11?,18-/m1/s1. The van der Waals surface area contributed by atoms with E-state index in [-0.39, 0.29) is 24.2 Å². The summed E-state index contributed by atoms with van der Waals surface area (Å²) in [5, 5.41) is 0. The van der Waals surface area contributed by atoms with Crippen molar-refractivity contribution in [1.82, 2.24) is 0 Å². The molecule has 2 aliphatic rings. The molecule has 0 amide bonds. The minimum atomic E-state index is -0.725. The number of carbonyl (C=O) groups is 1. The van der Waals surface area contributed by atoms with Crippen molar-refractivity contribution >= 4 is 11.5 Å². The zero-order valence-electron chi connectivity index (χ0n) is 14.1. The number of benzene rings is 1. The lowest BCUT2D eigenvalue weighted by atomic mass is 9.76. The van der Waals surface area contributed by atoms with Gasteiger partial charge in [0, 0.05) is 32.7 Å². The first-order valence-corrected chi connectivity index (χ1v) is 8.00. The smallest absolute Gasteiger partial charge is 0.189 e. The van der Waals surface area contributed by atoms with E-state index in [0.29, 0.717) is 30.6 Å². The first-order valence-electron chi connectivity index (χ1n) is 8.00.